The summed E-state index contributed by atoms with van der Waals surface area (Å²) in [6.45, 7) is 6.59. The number of rotatable bonds is 8. The maximum Gasteiger partial charge on any atom is 0.258 e. The number of carbonyl (C=O) groups excluding carboxylic acids is 1. The number of hydrogen-bond donors (Lipinski definition) is 0. The predicted octanol–water partition coefficient (Wildman–Crippen LogP) is 5.64. The SMILES string of the molecule is COc1ccc(CN2CCC(N(C(=O)c3cccc(C)c3)c3ccc(C)cc3)CC2)c(OC)c1OC. The summed E-state index contributed by atoms with van der Waals surface area (Å²) in [4.78, 5) is 18.1. The lowest BCUT2D eigenvalue weighted by Gasteiger charge is -2.39. The lowest BCUT2D eigenvalue weighted by atomic mass is 9.99. The van der Waals surface area contributed by atoms with Crippen LogP contribution in [0.25, 0.3) is 0 Å². The molecule has 0 aromatic heterocycles. The first kappa shape index (κ1) is 25.6. The number of carbonyl (C=O) groups is 1. The Morgan fingerprint density at radius 3 is 2.17 bits per heavy atom. The van der Waals surface area contributed by atoms with Crippen molar-refractivity contribution in [1.82, 2.24) is 4.90 Å². The Morgan fingerprint density at radius 1 is 0.861 bits per heavy atom. The highest BCUT2D eigenvalue weighted by molar-refractivity contribution is 6.06. The second kappa shape index (κ2) is 11.5. The molecule has 1 saturated heterocycles. The summed E-state index contributed by atoms with van der Waals surface area (Å²) in [5.74, 6) is 2.03. The van der Waals surface area contributed by atoms with E-state index < -0.39 is 0 Å². The van der Waals surface area contributed by atoms with Crippen LogP contribution in [0.5, 0.6) is 17.2 Å². The first-order valence-corrected chi connectivity index (χ1v) is 12.4. The van der Waals surface area contributed by atoms with Gasteiger partial charge in [0.25, 0.3) is 5.91 Å². The van der Waals surface area contributed by atoms with Crippen LogP contribution < -0.4 is 19.1 Å². The average Bonchev–Trinajstić information content (AvgIpc) is 2.90. The van der Waals surface area contributed by atoms with Gasteiger partial charge in [-0.3, -0.25) is 9.69 Å². The number of amides is 1. The van der Waals surface area contributed by atoms with Crippen molar-refractivity contribution in [3.05, 3.63) is 82.9 Å². The summed E-state index contributed by atoms with van der Waals surface area (Å²) in [6.07, 6.45) is 1.78. The van der Waals surface area contributed by atoms with Crippen LogP contribution in [0.15, 0.2) is 60.7 Å². The largest absolute Gasteiger partial charge is 0.493 e. The fraction of sp³-hybridized carbons (Fsp3) is 0.367. The fourth-order valence-corrected chi connectivity index (χ4v) is 4.98. The zero-order valence-corrected chi connectivity index (χ0v) is 21.9. The van der Waals surface area contributed by atoms with Crippen molar-refractivity contribution in [3.63, 3.8) is 0 Å². The lowest BCUT2D eigenvalue weighted by molar-refractivity contribution is 0.0958. The van der Waals surface area contributed by atoms with Crippen LogP contribution in [0.2, 0.25) is 0 Å². The highest BCUT2D eigenvalue weighted by Gasteiger charge is 2.30. The summed E-state index contributed by atoms with van der Waals surface area (Å²) in [7, 11) is 4.91. The first-order valence-electron chi connectivity index (χ1n) is 12.4. The van der Waals surface area contributed by atoms with Gasteiger partial charge in [-0.2, -0.15) is 0 Å². The van der Waals surface area contributed by atoms with Gasteiger partial charge < -0.3 is 19.1 Å². The van der Waals surface area contributed by atoms with E-state index in [1.807, 2.05) is 48.2 Å². The molecular formula is C30H36N2O4. The minimum Gasteiger partial charge on any atom is -0.493 e. The second-order valence-corrected chi connectivity index (χ2v) is 9.38. The summed E-state index contributed by atoms with van der Waals surface area (Å²) >= 11 is 0. The Balaban J connectivity index is 1.53. The topological polar surface area (TPSA) is 51.2 Å². The highest BCUT2D eigenvalue weighted by atomic mass is 16.5. The zero-order chi connectivity index (χ0) is 25.7. The number of aryl methyl sites for hydroxylation is 2. The third-order valence-corrected chi connectivity index (χ3v) is 6.90. The predicted molar refractivity (Wildman–Crippen MR) is 144 cm³/mol. The molecule has 0 N–H and O–H groups in total. The molecule has 0 radical (unpaired) electrons. The molecule has 0 unspecified atom stereocenters. The number of methoxy groups -OCH3 is 3. The van der Waals surface area contributed by atoms with E-state index in [-0.39, 0.29) is 11.9 Å². The van der Waals surface area contributed by atoms with Crippen LogP contribution in [0.4, 0.5) is 5.69 Å². The van der Waals surface area contributed by atoms with Crippen molar-refractivity contribution in [3.8, 4) is 17.2 Å². The van der Waals surface area contributed by atoms with Crippen molar-refractivity contribution in [2.24, 2.45) is 0 Å². The number of ether oxygens (including phenoxy) is 3. The molecular weight excluding hydrogens is 452 g/mol. The third-order valence-electron chi connectivity index (χ3n) is 6.90. The van der Waals surface area contributed by atoms with Gasteiger partial charge in [-0.1, -0.05) is 41.5 Å². The number of piperidine rings is 1. The second-order valence-electron chi connectivity index (χ2n) is 9.38. The molecule has 190 valence electrons. The Morgan fingerprint density at radius 2 is 1.56 bits per heavy atom. The number of hydrogen-bond acceptors (Lipinski definition) is 5. The number of benzene rings is 3. The van der Waals surface area contributed by atoms with E-state index in [0.717, 1.165) is 54.9 Å². The van der Waals surface area contributed by atoms with Crippen molar-refractivity contribution in [1.29, 1.82) is 0 Å². The van der Waals surface area contributed by atoms with Gasteiger partial charge in [0.1, 0.15) is 0 Å². The van der Waals surface area contributed by atoms with E-state index in [2.05, 4.69) is 36.1 Å². The number of likely N-dealkylation sites (tertiary alicyclic amines) is 1. The maximum absolute atomic E-state index is 13.7. The summed E-state index contributed by atoms with van der Waals surface area (Å²) in [6, 6.07) is 20.2. The van der Waals surface area contributed by atoms with Gasteiger partial charge in [0, 0.05) is 42.5 Å². The van der Waals surface area contributed by atoms with Gasteiger partial charge in [-0.25, -0.2) is 0 Å². The van der Waals surface area contributed by atoms with Crippen molar-refractivity contribution in [2.45, 2.75) is 39.3 Å². The molecule has 0 atom stereocenters. The molecule has 1 aliphatic heterocycles. The Hall–Kier alpha value is -3.51. The normalized spacial score (nSPS) is 14.4. The van der Waals surface area contributed by atoms with E-state index in [1.165, 1.54) is 5.56 Å². The molecule has 1 aliphatic rings. The lowest BCUT2D eigenvalue weighted by Crippen LogP contribution is -2.47. The Labute approximate surface area is 214 Å². The van der Waals surface area contributed by atoms with Crippen LogP contribution in [-0.4, -0.2) is 51.3 Å². The molecule has 4 rings (SSSR count). The Kier molecular flexibility index (Phi) is 8.16. The molecule has 0 bridgehead atoms. The standard InChI is InChI=1S/C30H36N2O4/c1-21-9-12-25(13-10-21)32(30(33)23-8-6-7-22(2)19-23)26-15-17-31(18-16-26)20-24-11-14-27(34-3)29(36-5)28(24)35-4/h6-14,19,26H,15-18,20H2,1-5H3. The molecule has 1 amide bonds. The van der Waals surface area contributed by atoms with E-state index in [9.17, 15) is 4.79 Å². The Bertz CT molecular complexity index is 1180. The molecule has 36 heavy (non-hydrogen) atoms. The van der Waals surface area contributed by atoms with E-state index in [4.69, 9.17) is 14.2 Å². The van der Waals surface area contributed by atoms with E-state index >= 15 is 0 Å². The fourth-order valence-electron chi connectivity index (χ4n) is 4.98. The van der Waals surface area contributed by atoms with E-state index in [0.29, 0.717) is 17.2 Å². The number of nitrogens with zero attached hydrogens (tertiary/aromatic N) is 2. The third kappa shape index (κ3) is 5.49. The molecule has 0 saturated carbocycles. The molecule has 1 fully saturated rings. The average molecular weight is 489 g/mol. The van der Waals surface area contributed by atoms with Gasteiger partial charge in [0.15, 0.2) is 11.5 Å². The maximum atomic E-state index is 13.7. The van der Waals surface area contributed by atoms with Crippen LogP contribution >= 0.6 is 0 Å². The molecule has 1 heterocycles. The van der Waals surface area contributed by atoms with Gasteiger partial charge in [0.2, 0.25) is 5.75 Å². The van der Waals surface area contributed by atoms with Gasteiger partial charge in [0.05, 0.1) is 21.3 Å². The van der Waals surface area contributed by atoms with Gasteiger partial charge in [-0.05, 0) is 57.0 Å². The quantitative estimate of drug-likeness (QED) is 0.411. The molecule has 6 heteroatoms. The van der Waals surface area contributed by atoms with E-state index in [1.54, 1.807) is 21.3 Å². The molecule has 3 aromatic rings. The van der Waals surface area contributed by atoms with Gasteiger partial charge in [-0.15, -0.1) is 0 Å². The minimum absolute atomic E-state index is 0.0579. The van der Waals surface area contributed by atoms with Crippen LogP contribution in [0.3, 0.4) is 0 Å². The summed E-state index contributed by atoms with van der Waals surface area (Å²) in [5.41, 5.74) is 5.00. The zero-order valence-electron chi connectivity index (χ0n) is 21.9. The van der Waals surface area contributed by atoms with Crippen molar-refractivity contribution in [2.75, 3.05) is 39.3 Å². The highest BCUT2D eigenvalue weighted by Crippen LogP contribution is 2.40. The number of anilines is 1. The van der Waals surface area contributed by atoms with Crippen molar-refractivity contribution >= 4 is 11.6 Å². The van der Waals surface area contributed by atoms with Crippen molar-refractivity contribution < 1.29 is 19.0 Å². The van der Waals surface area contributed by atoms with Gasteiger partial charge >= 0.3 is 0 Å². The van der Waals surface area contributed by atoms with Crippen LogP contribution in [-0.2, 0) is 6.54 Å². The minimum atomic E-state index is 0.0579. The monoisotopic (exact) mass is 488 g/mol. The first-order chi connectivity index (χ1) is 17.4. The smallest absolute Gasteiger partial charge is 0.258 e. The molecule has 6 nitrogen and oxygen atoms in total. The molecule has 0 spiro atoms. The van der Waals surface area contributed by atoms with Crippen LogP contribution in [0.1, 0.15) is 39.9 Å². The molecule has 0 aliphatic carbocycles. The summed E-state index contributed by atoms with van der Waals surface area (Å²) < 4.78 is 16.7. The summed E-state index contributed by atoms with van der Waals surface area (Å²) in [5, 5.41) is 0. The molecule has 3 aromatic carbocycles. The van der Waals surface area contributed by atoms with Crippen LogP contribution in [0, 0.1) is 13.8 Å².